The number of aromatic nitrogens is 3. The van der Waals surface area contributed by atoms with Crippen molar-refractivity contribution in [2.45, 2.75) is 13.5 Å². The number of halogens is 1. The van der Waals surface area contributed by atoms with Gasteiger partial charge in [-0.05, 0) is 42.3 Å². The third-order valence-electron chi connectivity index (χ3n) is 3.67. The molecule has 2 aromatic heterocycles. The molecular formula is C19H17ClN4O. The number of hydrogen-bond donors (Lipinski definition) is 1. The molecule has 3 aromatic rings. The molecule has 0 fully saturated rings. The predicted molar refractivity (Wildman–Crippen MR) is 98.4 cm³/mol. The topological polar surface area (TPSA) is 59.8 Å². The van der Waals surface area contributed by atoms with Gasteiger partial charge in [0.25, 0.3) is 0 Å². The molecule has 0 saturated carbocycles. The van der Waals surface area contributed by atoms with Gasteiger partial charge in [-0.2, -0.15) is 5.10 Å². The lowest BCUT2D eigenvalue weighted by Crippen LogP contribution is -2.21. The van der Waals surface area contributed by atoms with Gasteiger partial charge in [0.05, 0.1) is 0 Å². The van der Waals surface area contributed by atoms with Gasteiger partial charge in [-0.25, -0.2) is 9.67 Å². The van der Waals surface area contributed by atoms with Gasteiger partial charge in [-0.1, -0.05) is 29.8 Å². The summed E-state index contributed by atoms with van der Waals surface area (Å²) in [4.78, 5) is 16.4. The average Bonchev–Trinajstić information content (AvgIpc) is 3.15. The first-order valence-electron chi connectivity index (χ1n) is 7.79. The molecule has 1 amide bonds. The van der Waals surface area contributed by atoms with E-state index in [9.17, 15) is 4.79 Å². The zero-order valence-corrected chi connectivity index (χ0v) is 14.4. The van der Waals surface area contributed by atoms with Crippen LogP contribution < -0.4 is 5.32 Å². The summed E-state index contributed by atoms with van der Waals surface area (Å²) < 4.78 is 1.67. The summed E-state index contributed by atoms with van der Waals surface area (Å²) in [5, 5.41) is 7.72. The molecule has 0 bridgehead atoms. The molecule has 25 heavy (non-hydrogen) atoms. The van der Waals surface area contributed by atoms with Gasteiger partial charge in [0.2, 0.25) is 5.91 Å². The molecule has 0 atom stereocenters. The van der Waals surface area contributed by atoms with Crippen LogP contribution in [0.3, 0.4) is 0 Å². The number of carbonyl (C=O) groups excluding carboxylic acids is 1. The Kier molecular flexibility index (Phi) is 5.26. The van der Waals surface area contributed by atoms with Crippen molar-refractivity contribution in [3.8, 4) is 5.82 Å². The Morgan fingerprint density at radius 3 is 2.92 bits per heavy atom. The number of pyridine rings is 1. The number of nitrogens with one attached hydrogen (secondary N) is 1. The van der Waals surface area contributed by atoms with Crippen molar-refractivity contribution in [3.63, 3.8) is 0 Å². The highest BCUT2D eigenvalue weighted by atomic mass is 35.5. The standard InChI is InChI=1S/C19H17ClN4O/c1-14-5-6-15(12-17(14)20)7-8-18(25)22-13-16-4-2-9-21-19(16)24-11-3-10-23-24/h2-12H,13H2,1H3,(H,22,25)/b8-7-. The van der Waals surface area contributed by atoms with Crippen molar-refractivity contribution in [1.29, 1.82) is 0 Å². The van der Waals surface area contributed by atoms with Crippen molar-refractivity contribution in [2.24, 2.45) is 0 Å². The van der Waals surface area contributed by atoms with E-state index in [4.69, 9.17) is 11.6 Å². The zero-order valence-electron chi connectivity index (χ0n) is 13.7. The number of nitrogens with zero attached hydrogens (tertiary/aromatic N) is 3. The maximum absolute atomic E-state index is 12.1. The molecule has 0 unspecified atom stereocenters. The van der Waals surface area contributed by atoms with Crippen LogP contribution in [-0.2, 0) is 11.3 Å². The van der Waals surface area contributed by atoms with Crippen LogP contribution in [0.5, 0.6) is 0 Å². The largest absolute Gasteiger partial charge is 0.348 e. The normalized spacial score (nSPS) is 11.0. The number of benzene rings is 1. The zero-order chi connectivity index (χ0) is 17.6. The molecule has 5 nitrogen and oxygen atoms in total. The quantitative estimate of drug-likeness (QED) is 0.714. The highest BCUT2D eigenvalue weighted by Gasteiger charge is 2.06. The second-order valence-electron chi connectivity index (χ2n) is 5.50. The van der Waals surface area contributed by atoms with Crippen LogP contribution in [0.1, 0.15) is 16.7 Å². The van der Waals surface area contributed by atoms with E-state index >= 15 is 0 Å². The molecule has 0 aliphatic rings. The van der Waals surface area contributed by atoms with Crippen LogP contribution in [0.4, 0.5) is 0 Å². The second kappa shape index (κ2) is 7.77. The van der Waals surface area contributed by atoms with Crippen LogP contribution in [0.25, 0.3) is 11.9 Å². The summed E-state index contributed by atoms with van der Waals surface area (Å²) in [6.45, 7) is 2.30. The summed E-state index contributed by atoms with van der Waals surface area (Å²) in [7, 11) is 0. The summed E-state index contributed by atoms with van der Waals surface area (Å²) >= 11 is 6.09. The Labute approximate surface area is 151 Å². The number of rotatable bonds is 5. The third-order valence-corrected chi connectivity index (χ3v) is 4.07. The fourth-order valence-corrected chi connectivity index (χ4v) is 2.48. The molecule has 126 valence electrons. The third kappa shape index (κ3) is 4.33. The first-order chi connectivity index (χ1) is 12.1. The average molecular weight is 353 g/mol. The number of amides is 1. The summed E-state index contributed by atoms with van der Waals surface area (Å²) in [5.74, 6) is 0.508. The number of aryl methyl sites for hydroxylation is 1. The van der Waals surface area contributed by atoms with Gasteiger partial charge in [0.1, 0.15) is 0 Å². The summed E-state index contributed by atoms with van der Waals surface area (Å²) in [5.41, 5.74) is 2.77. The molecule has 6 heteroatoms. The van der Waals surface area contributed by atoms with Gasteiger partial charge >= 0.3 is 0 Å². The van der Waals surface area contributed by atoms with E-state index in [0.717, 1.165) is 16.7 Å². The monoisotopic (exact) mass is 352 g/mol. The Morgan fingerprint density at radius 1 is 1.28 bits per heavy atom. The first-order valence-corrected chi connectivity index (χ1v) is 8.17. The molecule has 0 aliphatic heterocycles. The van der Waals surface area contributed by atoms with E-state index in [2.05, 4.69) is 15.4 Å². The van der Waals surface area contributed by atoms with E-state index in [1.54, 1.807) is 23.2 Å². The minimum Gasteiger partial charge on any atom is -0.348 e. The van der Waals surface area contributed by atoms with E-state index in [-0.39, 0.29) is 5.91 Å². The number of carbonyl (C=O) groups is 1. The van der Waals surface area contributed by atoms with Gasteiger partial charge in [0, 0.05) is 41.8 Å². The Bertz CT molecular complexity index is 904. The highest BCUT2D eigenvalue weighted by molar-refractivity contribution is 6.31. The van der Waals surface area contributed by atoms with E-state index in [0.29, 0.717) is 17.4 Å². The van der Waals surface area contributed by atoms with Crippen molar-refractivity contribution in [2.75, 3.05) is 0 Å². The van der Waals surface area contributed by atoms with E-state index < -0.39 is 0 Å². The minimum atomic E-state index is -0.188. The van der Waals surface area contributed by atoms with Crippen LogP contribution >= 0.6 is 11.6 Å². The van der Waals surface area contributed by atoms with Gasteiger partial charge in [-0.15, -0.1) is 0 Å². The molecule has 1 aromatic carbocycles. The number of hydrogen-bond acceptors (Lipinski definition) is 3. The Balaban J connectivity index is 1.65. The van der Waals surface area contributed by atoms with Crippen LogP contribution in [0, 0.1) is 6.92 Å². The van der Waals surface area contributed by atoms with Crippen molar-refractivity contribution < 1.29 is 4.79 Å². The first kappa shape index (κ1) is 16.9. The Hall–Kier alpha value is -2.92. The Morgan fingerprint density at radius 2 is 2.16 bits per heavy atom. The lowest BCUT2D eigenvalue weighted by molar-refractivity contribution is -0.116. The van der Waals surface area contributed by atoms with E-state index in [1.165, 1.54) is 6.08 Å². The van der Waals surface area contributed by atoms with E-state index in [1.807, 2.05) is 49.5 Å². The predicted octanol–water partition coefficient (Wildman–Crippen LogP) is 3.56. The van der Waals surface area contributed by atoms with Crippen molar-refractivity contribution in [3.05, 3.63) is 82.8 Å². The van der Waals surface area contributed by atoms with Crippen molar-refractivity contribution >= 4 is 23.6 Å². The van der Waals surface area contributed by atoms with Crippen LogP contribution in [-0.4, -0.2) is 20.7 Å². The van der Waals surface area contributed by atoms with Gasteiger partial charge in [-0.3, -0.25) is 4.79 Å². The molecule has 3 rings (SSSR count). The van der Waals surface area contributed by atoms with Gasteiger partial charge < -0.3 is 5.32 Å². The molecule has 0 spiro atoms. The SMILES string of the molecule is Cc1ccc(/C=C\C(=O)NCc2cccnc2-n2cccn2)cc1Cl. The second-order valence-corrected chi connectivity index (χ2v) is 5.90. The molecule has 2 heterocycles. The fraction of sp³-hybridized carbons (Fsp3) is 0.105. The molecule has 1 N–H and O–H groups in total. The lowest BCUT2D eigenvalue weighted by atomic mass is 10.1. The maximum atomic E-state index is 12.1. The lowest BCUT2D eigenvalue weighted by Gasteiger charge is -2.08. The summed E-state index contributed by atoms with van der Waals surface area (Å²) in [6, 6.07) is 11.2. The molecule has 0 radical (unpaired) electrons. The smallest absolute Gasteiger partial charge is 0.244 e. The van der Waals surface area contributed by atoms with Crippen LogP contribution in [0.15, 0.2) is 61.1 Å². The van der Waals surface area contributed by atoms with Crippen LogP contribution in [0.2, 0.25) is 5.02 Å². The molecular weight excluding hydrogens is 336 g/mol. The fourth-order valence-electron chi connectivity index (χ4n) is 2.29. The maximum Gasteiger partial charge on any atom is 0.244 e. The highest BCUT2D eigenvalue weighted by Crippen LogP contribution is 2.17. The molecule has 0 saturated heterocycles. The summed E-state index contributed by atoms with van der Waals surface area (Å²) in [6.07, 6.45) is 8.42. The van der Waals surface area contributed by atoms with Gasteiger partial charge in [0.15, 0.2) is 5.82 Å². The molecule has 0 aliphatic carbocycles. The minimum absolute atomic E-state index is 0.188. The van der Waals surface area contributed by atoms with Crippen molar-refractivity contribution in [1.82, 2.24) is 20.1 Å².